The maximum atomic E-state index is 11.8. The number of rotatable bonds is 2. The van der Waals surface area contributed by atoms with Crippen LogP contribution >= 0.6 is 15.9 Å². The van der Waals surface area contributed by atoms with Crippen LogP contribution in [-0.2, 0) is 0 Å². The summed E-state index contributed by atoms with van der Waals surface area (Å²) < 4.78 is 12.3. The molecule has 1 aliphatic heterocycles. The predicted octanol–water partition coefficient (Wildman–Crippen LogP) is 3.94. The summed E-state index contributed by atoms with van der Waals surface area (Å²) in [4.78, 5) is 11.8. The zero-order valence-corrected chi connectivity index (χ0v) is 12.5. The van der Waals surface area contributed by atoms with Crippen LogP contribution in [-0.4, -0.2) is 19.0 Å². The van der Waals surface area contributed by atoms with Crippen molar-refractivity contribution in [1.82, 2.24) is 0 Å². The van der Waals surface area contributed by atoms with E-state index in [1.807, 2.05) is 6.07 Å². The first-order chi connectivity index (χ1) is 8.52. The highest BCUT2D eigenvalue weighted by Gasteiger charge is 2.25. The second kappa shape index (κ2) is 5.31. The van der Waals surface area contributed by atoms with Gasteiger partial charge in [-0.25, -0.2) is 0 Å². The number of ketones is 1. The standard InChI is InChI=1S/C14H17BrO3/c1-8(2)12-10(9(3)16)7-11(15)13-14(12)18-6-4-5-17-13/h7-8H,4-6H2,1-3H3. The minimum atomic E-state index is 0.0510. The van der Waals surface area contributed by atoms with E-state index in [2.05, 4.69) is 29.8 Å². The number of carbonyl (C=O) groups excluding carboxylic acids is 1. The van der Waals surface area contributed by atoms with E-state index in [-0.39, 0.29) is 11.7 Å². The Morgan fingerprint density at radius 1 is 1.28 bits per heavy atom. The summed E-state index contributed by atoms with van der Waals surface area (Å²) >= 11 is 3.46. The van der Waals surface area contributed by atoms with Crippen LogP contribution in [0.3, 0.4) is 0 Å². The summed E-state index contributed by atoms with van der Waals surface area (Å²) in [5.41, 5.74) is 1.66. The Labute approximate surface area is 116 Å². The average Bonchev–Trinajstić information content (AvgIpc) is 2.53. The molecule has 1 aromatic rings. The van der Waals surface area contributed by atoms with Crippen LogP contribution in [0.4, 0.5) is 0 Å². The van der Waals surface area contributed by atoms with Crippen molar-refractivity contribution in [2.24, 2.45) is 0 Å². The number of hydrogen-bond acceptors (Lipinski definition) is 3. The molecule has 0 saturated carbocycles. The van der Waals surface area contributed by atoms with Gasteiger partial charge in [-0.3, -0.25) is 4.79 Å². The van der Waals surface area contributed by atoms with Gasteiger partial charge in [-0.15, -0.1) is 0 Å². The molecule has 4 heteroatoms. The van der Waals surface area contributed by atoms with E-state index in [4.69, 9.17) is 9.47 Å². The highest BCUT2D eigenvalue weighted by molar-refractivity contribution is 9.10. The minimum absolute atomic E-state index is 0.0510. The van der Waals surface area contributed by atoms with E-state index in [1.54, 1.807) is 6.92 Å². The number of Topliss-reactive ketones (excluding diaryl/α,β-unsaturated/α-hetero) is 1. The quantitative estimate of drug-likeness (QED) is 0.776. The maximum absolute atomic E-state index is 11.8. The molecule has 0 spiro atoms. The largest absolute Gasteiger partial charge is 0.489 e. The Kier molecular flexibility index (Phi) is 3.95. The van der Waals surface area contributed by atoms with Crippen LogP contribution in [0.5, 0.6) is 11.5 Å². The van der Waals surface area contributed by atoms with E-state index in [0.717, 1.165) is 28.0 Å². The summed E-state index contributed by atoms with van der Waals surface area (Å²) in [5.74, 6) is 1.71. The van der Waals surface area contributed by atoms with E-state index >= 15 is 0 Å². The van der Waals surface area contributed by atoms with Crippen LogP contribution < -0.4 is 9.47 Å². The molecule has 3 nitrogen and oxygen atoms in total. The molecule has 98 valence electrons. The van der Waals surface area contributed by atoms with Crippen LogP contribution in [0.2, 0.25) is 0 Å². The molecular weight excluding hydrogens is 296 g/mol. The lowest BCUT2D eigenvalue weighted by molar-refractivity contribution is 0.101. The van der Waals surface area contributed by atoms with E-state index in [0.29, 0.717) is 18.8 Å². The third-order valence-electron chi connectivity index (χ3n) is 2.97. The fraction of sp³-hybridized carbons (Fsp3) is 0.500. The number of ether oxygens (including phenoxy) is 2. The Balaban J connectivity index is 2.69. The number of halogens is 1. The van der Waals surface area contributed by atoms with Crippen LogP contribution in [0.25, 0.3) is 0 Å². The van der Waals surface area contributed by atoms with E-state index in [1.165, 1.54) is 0 Å². The molecule has 0 saturated heterocycles. The molecule has 18 heavy (non-hydrogen) atoms. The van der Waals surface area contributed by atoms with Gasteiger partial charge in [0.15, 0.2) is 17.3 Å². The van der Waals surface area contributed by atoms with Crippen LogP contribution in [0.15, 0.2) is 10.5 Å². The van der Waals surface area contributed by atoms with Crippen molar-refractivity contribution in [2.75, 3.05) is 13.2 Å². The van der Waals surface area contributed by atoms with Crippen molar-refractivity contribution in [3.8, 4) is 11.5 Å². The third-order valence-corrected chi connectivity index (χ3v) is 3.56. The first-order valence-electron chi connectivity index (χ1n) is 6.15. The molecule has 2 rings (SSSR count). The monoisotopic (exact) mass is 312 g/mol. The van der Waals surface area contributed by atoms with Gasteiger partial charge in [0.1, 0.15) is 0 Å². The Bertz CT molecular complexity index is 480. The molecule has 0 radical (unpaired) electrons. The van der Waals surface area contributed by atoms with Crippen molar-refractivity contribution >= 4 is 21.7 Å². The van der Waals surface area contributed by atoms with E-state index < -0.39 is 0 Å². The van der Waals surface area contributed by atoms with Crippen molar-refractivity contribution in [1.29, 1.82) is 0 Å². The second-order valence-electron chi connectivity index (χ2n) is 4.74. The van der Waals surface area contributed by atoms with Gasteiger partial charge in [-0.2, -0.15) is 0 Å². The van der Waals surface area contributed by atoms with Gasteiger partial charge in [0.2, 0.25) is 0 Å². The van der Waals surface area contributed by atoms with E-state index in [9.17, 15) is 4.79 Å². The zero-order valence-electron chi connectivity index (χ0n) is 10.9. The minimum Gasteiger partial charge on any atom is -0.489 e. The molecular formula is C14H17BrO3. The molecule has 0 N–H and O–H groups in total. The fourth-order valence-electron chi connectivity index (χ4n) is 2.17. The van der Waals surface area contributed by atoms with Crippen LogP contribution in [0, 0.1) is 0 Å². The molecule has 1 aromatic carbocycles. The topological polar surface area (TPSA) is 35.5 Å². The van der Waals surface area contributed by atoms with Crippen molar-refractivity contribution in [2.45, 2.75) is 33.1 Å². The lowest BCUT2D eigenvalue weighted by atomic mass is 9.93. The summed E-state index contributed by atoms with van der Waals surface area (Å²) in [6, 6.07) is 1.84. The first kappa shape index (κ1) is 13.4. The number of fused-ring (bicyclic) bond motifs is 1. The average molecular weight is 313 g/mol. The van der Waals surface area contributed by atoms with Gasteiger partial charge in [0, 0.05) is 17.5 Å². The Morgan fingerprint density at radius 3 is 2.44 bits per heavy atom. The van der Waals surface area contributed by atoms with Gasteiger partial charge in [0.25, 0.3) is 0 Å². The molecule has 0 aromatic heterocycles. The molecule has 1 heterocycles. The normalized spacial score (nSPS) is 14.5. The van der Waals surface area contributed by atoms with Gasteiger partial charge in [0.05, 0.1) is 17.7 Å². The molecule has 1 aliphatic rings. The third kappa shape index (κ3) is 2.39. The summed E-state index contributed by atoms with van der Waals surface area (Å²) in [6.07, 6.45) is 0.855. The lowest BCUT2D eigenvalue weighted by Crippen LogP contribution is -2.06. The summed E-state index contributed by atoms with van der Waals surface area (Å²) in [6.45, 7) is 6.97. The highest BCUT2D eigenvalue weighted by atomic mass is 79.9. The smallest absolute Gasteiger partial charge is 0.175 e. The number of benzene rings is 1. The first-order valence-corrected chi connectivity index (χ1v) is 6.94. The maximum Gasteiger partial charge on any atom is 0.175 e. The van der Waals surface area contributed by atoms with Crippen LogP contribution in [0.1, 0.15) is 49.0 Å². The SMILES string of the molecule is CC(=O)c1cc(Br)c2c(c1C(C)C)OCCCO2. The summed E-state index contributed by atoms with van der Waals surface area (Å²) in [5, 5.41) is 0. The van der Waals surface area contributed by atoms with Gasteiger partial charge in [-0.1, -0.05) is 13.8 Å². The fourth-order valence-corrected chi connectivity index (χ4v) is 2.70. The molecule has 0 atom stereocenters. The van der Waals surface area contributed by atoms with Crippen molar-refractivity contribution in [3.63, 3.8) is 0 Å². The van der Waals surface area contributed by atoms with Gasteiger partial charge < -0.3 is 9.47 Å². The summed E-state index contributed by atoms with van der Waals surface area (Å²) in [7, 11) is 0. The predicted molar refractivity (Wildman–Crippen MR) is 73.8 cm³/mol. The molecule has 0 unspecified atom stereocenters. The highest BCUT2D eigenvalue weighted by Crippen LogP contribution is 2.44. The Hall–Kier alpha value is -1.03. The molecule has 0 bridgehead atoms. The molecule has 0 amide bonds. The van der Waals surface area contributed by atoms with Crippen molar-refractivity contribution in [3.05, 3.63) is 21.7 Å². The Morgan fingerprint density at radius 2 is 1.89 bits per heavy atom. The number of hydrogen-bond donors (Lipinski definition) is 0. The zero-order chi connectivity index (χ0) is 13.3. The molecule has 0 aliphatic carbocycles. The van der Waals surface area contributed by atoms with Gasteiger partial charge >= 0.3 is 0 Å². The van der Waals surface area contributed by atoms with Crippen molar-refractivity contribution < 1.29 is 14.3 Å². The van der Waals surface area contributed by atoms with Gasteiger partial charge in [-0.05, 0) is 34.8 Å². The lowest BCUT2D eigenvalue weighted by Gasteiger charge is -2.19. The second-order valence-corrected chi connectivity index (χ2v) is 5.59. The molecule has 0 fully saturated rings. The number of carbonyl (C=O) groups is 1.